The van der Waals surface area contributed by atoms with Gasteiger partial charge in [-0.3, -0.25) is 0 Å². The zero-order chi connectivity index (χ0) is 7.71. The summed E-state index contributed by atoms with van der Waals surface area (Å²) in [5.41, 5.74) is 0. The summed E-state index contributed by atoms with van der Waals surface area (Å²) in [7, 11) is 0. The molecule has 10 heavy (non-hydrogen) atoms. The zero-order valence-corrected chi connectivity index (χ0v) is 9.98. The van der Waals surface area contributed by atoms with Gasteiger partial charge in [0.1, 0.15) is 0 Å². The molecule has 10 heteroatoms. The van der Waals surface area contributed by atoms with Crippen LogP contribution in [0.1, 0.15) is 0 Å². The minimum absolute atomic E-state index is 0. The maximum absolute atomic E-state index is 9.53. The first-order chi connectivity index (χ1) is 3.71. The van der Waals surface area contributed by atoms with Crippen molar-refractivity contribution in [2.24, 2.45) is 0 Å². The van der Waals surface area contributed by atoms with Crippen molar-refractivity contribution in [1.82, 2.24) is 0 Å². The van der Waals surface area contributed by atoms with Crippen molar-refractivity contribution in [1.29, 1.82) is 0 Å². The summed E-state index contributed by atoms with van der Waals surface area (Å²) in [5.74, 6) is 0. The molecule has 0 fully saturated rings. The Bertz CT molecular complexity index is 237. The second-order valence-electron chi connectivity index (χ2n) is 0.924. The molecule has 0 aromatic heterocycles. The Morgan fingerprint density at radius 2 is 1.10 bits per heavy atom. The Morgan fingerprint density at radius 1 is 0.900 bits per heavy atom. The molecular weight excluding hydrogens is 281 g/mol. The van der Waals surface area contributed by atoms with Crippen LogP contribution in [0.15, 0.2) is 0 Å². The first-order valence-electron chi connectivity index (χ1n) is 1.37. The van der Waals surface area contributed by atoms with Crippen LogP contribution in [-0.4, -0.2) is 8.32 Å². The maximum Gasteiger partial charge on any atom is 0 e. The van der Waals surface area contributed by atoms with E-state index in [4.69, 9.17) is 8.32 Å². The van der Waals surface area contributed by atoms with Gasteiger partial charge in [0, 0.05) is 19.5 Å². The number of hydrogen-bond acceptors (Lipinski definition) is 5. The van der Waals surface area contributed by atoms with Gasteiger partial charge < -0.3 is 0 Å². The van der Waals surface area contributed by atoms with Gasteiger partial charge in [-0.2, -0.15) is 0 Å². The molecule has 0 saturated carbocycles. The summed E-state index contributed by atoms with van der Waals surface area (Å²) >= 11 is -11.5. The van der Waals surface area contributed by atoms with Gasteiger partial charge >= 0.3 is 53.6 Å². The molecule has 0 aliphatic heterocycles. The van der Waals surface area contributed by atoms with Crippen LogP contribution in [0.2, 0.25) is 0 Å². The van der Waals surface area contributed by atoms with Crippen LogP contribution in [0.4, 0.5) is 0 Å². The van der Waals surface area contributed by atoms with E-state index in [0.29, 0.717) is 0 Å². The molecule has 0 aliphatic rings. The van der Waals surface area contributed by atoms with E-state index in [1.54, 1.807) is 0 Å². The van der Waals surface area contributed by atoms with Crippen LogP contribution < -0.4 is 0 Å². The van der Waals surface area contributed by atoms with Gasteiger partial charge in [-0.1, -0.05) is 0 Å². The van der Waals surface area contributed by atoms with Crippen molar-refractivity contribution in [2.45, 2.75) is 0 Å². The van der Waals surface area contributed by atoms with Gasteiger partial charge in [-0.25, -0.2) is 0 Å². The number of hydrogen-bond donors (Lipinski definition) is 2. The van der Waals surface area contributed by atoms with Crippen molar-refractivity contribution in [3.8, 4) is 0 Å². The van der Waals surface area contributed by atoms with E-state index in [1.165, 1.54) is 0 Å². The minimum Gasteiger partial charge on any atom is 0 e. The van der Waals surface area contributed by atoms with Crippen molar-refractivity contribution in [3.05, 3.63) is 0 Å². The third-order valence-electron chi connectivity index (χ3n) is 0.172. The first-order valence-corrected chi connectivity index (χ1v) is 5.63. The monoisotopic (exact) mass is 282 g/mol. The van der Waals surface area contributed by atoms with E-state index < -0.39 is 27.2 Å². The molecule has 0 amide bonds. The Kier molecular flexibility index (Phi) is 5.29. The summed E-state index contributed by atoms with van der Waals surface area (Å²) in [5, 5.41) is 0. The molecule has 58 valence electrons. The molecule has 0 radical (unpaired) electrons. The van der Waals surface area contributed by atoms with E-state index in [9.17, 15) is 15.2 Å². The third kappa shape index (κ3) is 11.6. The van der Waals surface area contributed by atoms with Gasteiger partial charge in [0.05, 0.1) is 0 Å². The molecule has 2 N–H and O–H groups in total. The smallest absolute Gasteiger partial charge is 0 e. The van der Waals surface area contributed by atoms with Crippen molar-refractivity contribution in [2.75, 3.05) is 0 Å². The van der Waals surface area contributed by atoms with Crippen LogP contribution in [0.3, 0.4) is 0 Å². The third-order valence-corrected chi connectivity index (χ3v) is 2.92. The molecule has 0 heterocycles. The van der Waals surface area contributed by atoms with E-state index in [1.807, 2.05) is 0 Å². The van der Waals surface area contributed by atoms with Gasteiger partial charge in [0.25, 0.3) is 0 Å². The molecule has 0 saturated heterocycles. The standard InChI is InChI=1S/2Cr.2H2O.5O.Zn/h;;2*1H2;;;;;;/q2*+1;;;;;;;;/p-2. The van der Waals surface area contributed by atoms with E-state index in [-0.39, 0.29) is 19.5 Å². The average molecular weight is 283 g/mol. The molecule has 0 aromatic rings. The minimum atomic E-state index is -5.76. The Morgan fingerprint density at radius 3 is 1.10 bits per heavy atom. The largest absolute Gasteiger partial charge is 0 e. The van der Waals surface area contributed by atoms with Crippen LogP contribution >= 0.6 is 0 Å². The topological polar surface area (TPSA) is 118 Å². The molecule has 0 rings (SSSR count). The van der Waals surface area contributed by atoms with Gasteiger partial charge in [0.2, 0.25) is 0 Å². The molecule has 7 nitrogen and oxygen atoms in total. The van der Waals surface area contributed by atoms with Crippen molar-refractivity contribution in [3.63, 3.8) is 0 Å². The molecule has 0 atom stereocenters. The molecular formula is H2Cr2O7Zn. The molecule has 0 bridgehead atoms. The Balaban J connectivity index is 0. The van der Waals surface area contributed by atoms with Crippen LogP contribution in [0.25, 0.3) is 0 Å². The van der Waals surface area contributed by atoms with E-state index >= 15 is 0 Å². The van der Waals surface area contributed by atoms with E-state index in [2.05, 4.69) is 2.84 Å². The molecule has 0 spiro atoms. The predicted octanol–water partition coefficient (Wildman–Crippen LogP) is -1.67. The number of rotatable bonds is 2. The fourth-order valence-electron chi connectivity index (χ4n) is 0.109. The predicted molar refractivity (Wildman–Crippen MR) is 8.27 cm³/mol. The van der Waals surface area contributed by atoms with Gasteiger partial charge in [-0.05, 0) is 0 Å². The van der Waals surface area contributed by atoms with Crippen molar-refractivity contribution >= 4 is 0 Å². The summed E-state index contributed by atoms with van der Waals surface area (Å²) in [6, 6.07) is 0. The van der Waals surface area contributed by atoms with Crippen molar-refractivity contribution < 1.29 is 73.1 Å². The quantitative estimate of drug-likeness (QED) is 0.582. The molecule has 0 aliphatic carbocycles. The first kappa shape index (κ1) is 13.4. The van der Waals surface area contributed by atoms with Gasteiger partial charge in [0.15, 0.2) is 0 Å². The van der Waals surface area contributed by atoms with Crippen LogP contribution in [0, 0.1) is 0 Å². The average Bonchev–Trinajstić information content (AvgIpc) is 1.14. The van der Waals surface area contributed by atoms with E-state index in [0.717, 1.165) is 0 Å². The summed E-state index contributed by atoms with van der Waals surface area (Å²) in [4.78, 5) is 0. The normalized spacial score (nSPS) is 12.2. The fraction of sp³-hybridized carbons (Fsp3) is 0. The van der Waals surface area contributed by atoms with Crippen LogP contribution in [0.5, 0.6) is 0 Å². The molecule has 0 unspecified atom stereocenters. The Labute approximate surface area is 72.9 Å². The second-order valence-corrected chi connectivity index (χ2v) is 4.68. The maximum atomic E-state index is 9.53. The SMILES string of the molecule is [O]=[Cr](=[O])([OH])[O][Cr](=[O])(=[O])[OH].[Zn]. The fourth-order valence-corrected chi connectivity index (χ4v) is 1.85. The Hall–Kier alpha value is 0.768. The second kappa shape index (κ2) is 3.96. The summed E-state index contributed by atoms with van der Waals surface area (Å²) in [6.07, 6.45) is 0. The zero-order valence-electron chi connectivity index (χ0n) is 4.46. The summed E-state index contributed by atoms with van der Waals surface area (Å²) < 4.78 is 56.3. The van der Waals surface area contributed by atoms with Crippen LogP contribution in [-0.2, 0) is 64.8 Å². The molecule has 0 aromatic carbocycles. The summed E-state index contributed by atoms with van der Waals surface area (Å²) in [6.45, 7) is 0. The van der Waals surface area contributed by atoms with Gasteiger partial charge in [-0.15, -0.1) is 0 Å².